The Morgan fingerprint density at radius 3 is 2.65 bits per heavy atom. The van der Waals surface area contributed by atoms with Gasteiger partial charge in [0.05, 0.1) is 11.5 Å². The van der Waals surface area contributed by atoms with Crippen molar-refractivity contribution in [3.63, 3.8) is 0 Å². The van der Waals surface area contributed by atoms with Gasteiger partial charge in [0.15, 0.2) is 9.84 Å². The third-order valence-corrected chi connectivity index (χ3v) is 5.41. The van der Waals surface area contributed by atoms with E-state index < -0.39 is 9.84 Å². The van der Waals surface area contributed by atoms with Crippen LogP contribution < -0.4 is 10.6 Å². The van der Waals surface area contributed by atoms with Gasteiger partial charge in [0, 0.05) is 24.8 Å². The molecule has 6 heteroatoms. The smallest absolute Gasteiger partial charge is 0.152 e. The molecule has 2 N–H and O–H groups in total. The SMILES string of the molecule is Cc1cc(N2CCCS(=O)(=O)CC2)c([C@H](C)N)cc1F. The van der Waals surface area contributed by atoms with Crippen LogP contribution in [0.15, 0.2) is 12.1 Å². The van der Waals surface area contributed by atoms with Crippen LogP contribution in [-0.4, -0.2) is 33.0 Å². The molecule has 1 atom stereocenters. The molecule has 4 nitrogen and oxygen atoms in total. The Labute approximate surface area is 119 Å². The summed E-state index contributed by atoms with van der Waals surface area (Å²) in [5, 5.41) is 0. The number of hydrogen-bond acceptors (Lipinski definition) is 4. The van der Waals surface area contributed by atoms with E-state index in [1.807, 2.05) is 11.8 Å². The zero-order chi connectivity index (χ0) is 14.9. The van der Waals surface area contributed by atoms with Crippen LogP contribution in [0.4, 0.5) is 10.1 Å². The minimum atomic E-state index is -2.96. The number of nitrogens with zero attached hydrogens (tertiary/aromatic N) is 1. The third kappa shape index (κ3) is 3.30. The predicted octanol–water partition coefficient (Wildman–Crippen LogP) is 1.78. The van der Waals surface area contributed by atoms with Crippen LogP contribution >= 0.6 is 0 Å². The maximum atomic E-state index is 13.7. The molecule has 0 radical (unpaired) electrons. The number of rotatable bonds is 2. The average Bonchev–Trinajstić information content (AvgIpc) is 2.53. The highest BCUT2D eigenvalue weighted by molar-refractivity contribution is 7.91. The van der Waals surface area contributed by atoms with Gasteiger partial charge in [-0.1, -0.05) is 0 Å². The zero-order valence-corrected chi connectivity index (χ0v) is 12.7. The summed E-state index contributed by atoms with van der Waals surface area (Å²) in [6, 6.07) is 2.95. The van der Waals surface area contributed by atoms with Gasteiger partial charge < -0.3 is 10.6 Å². The monoisotopic (exact) mass is 300 g/mol. The molecule has 1 aliphatic heterocycles. The van der Waals surface area contributed by atoms with Gasteiger partial charge >= 0.3 is 0 Å². The Balaban J connectivity index is 2.38. The molecule has 0 spiro atoms. The molecule has 0 saturated carbocycles. The first-order valence-electron chi connectivity index (χ1n) is 6.81. The van der Waals surface area contributed by atoms with E-state index in [9.17, 15) is 12.8 Å². The molecule has 1 heterocycles. The zero-order valence-electron chi connectivity index (χ0n) is 11.9. The Hall–Kier alpha value is -1.14. The Kier molecular flexibility index (Phi) is 4.34. The van der Waals surface area contributed by atoms with Crippen LogP contribution in [-0.2, 0) is 9.84 Å². The van der Waals surface area contributed by atoms with E-state index in [0.717, 1.165) is 11.3 Å². The molecule has 1 saturated heterocycles. The van der Waals surface area contributed by atoms with Gasteiger partial charge in [-0.2, -0.15) is 0 Å². The standard InChI is InChI=1S/C14H21FN2O2S/c1-10-8-14(12(11(2)16)9-13(10)15)17-4-3-6-20(18,19)7-5-17/h8-9,11H,3-7,16H2,1-2H3/t11-/m0/s1. The Bertz CT molecular complexity index is 599. The number of anilines is 1. The molecule has 1 fully saturated rings. The fourth-order valence-electron chi connectivity index (χ4n) is 2.50. The fraction of sp³-hybridized carbons (Fsp3) is 0.571. The molecule has 0 amide bonds. The molecule has 20 heavy (non-hydrogen) atoms. The van der Waals surface area contributed by atoms with E-state index in [1.165, 1.54) is 6.07 Å². The maximum absolute atomic E-state index is 13.7. The van der Waals surface area contributed by atoms with E-state index in [2.05, 4.69) is 0 Å². The highest BCUT2D eigenvalue weighted by Crippen LogP contribution is 2.29. The first kappa shape index (κ1) is 15.3. The summed E-state index contributed by atoms with van der Waals surface area (Å²) in [4.78, 5) is 2.01. The Morgan fingerprint density at radius 2 is 2.00 bits per heavy atom. The van der Waals surface area contributed by atoms with Crippen LogP contribution in [0.1, 0.15) is 30.5 Å². The average molecular weight is 300 g/mol. The summed E-state index contributed by atoms with van der Waals surface area (Å²) >= 11 is 0. The lowest BCUT2D eigenvalue weighted by molar-refractivity contribution is 0.597. The van der Waals surface area contributed by atoms with Crippen molar-refractivity contribution in [3.8, 4) is 0 Å². The van der Waals surface area contributed by atoms with Gasteiger partial charge in [0.1, 0.15) is 5.82 Å². The van der Waals surface area contributed by atoms with E-state index >= 15 is 0 Å². The molecular weight excluding hydrogens is 279 g/mol. The molecule has 1 aliphatic rings. The van der Waals surface area contributed by atoms with Crippen molar-refractivity contribution in [2.75, 3.05) is 29.5 Å². The predicted molar refractivity (Wildman–Crippen MR) is 79.2 cm³/mol. The summed E-state index contributed by atoms with van der Waals surface area (Å²) in [5.74, 6) is 0.0856. The molecular formula is C14H21FN2O2S. The van der Waals surface area contributed by atoms with Crippen molar-refractivity contribution in [2.24, 2.45) is 5.73 Å². The van der Waals surface area contributed by atoms with Crippen molar-refractivity contribution >= 4 is 15.5 Å². The molecule has 1 aromatic carbocycles. The minimum Gasteiger partial charge on any atom is -0.370 e. The largest absolute Gasteiger partial charge is 0.370 e. The van der Waals surface area contributed by atoms with Crippen LogP contribution in [0.25, 0.3) is 0 Å². The van der Waals surface area contributed by atoms with Crippen LogP contribution in [0, 0.1) is 12.7 Å². The van der Waals surface area contributed by atoms with Crippen molar-refractivity contribution in [1.29, 1.82) is 0 Å². The second-order valence-electron chi connectivity index (χ2n) is 5.44. The summed E-state index contributed by atoms with van der Waals surface area (Å²) < 4.78 is 37.1. The molecule has 2 rings (SSSR count). The van der Waals surface area contributed by atoms with E-state index in [1.54, 1.807) is 13.0 Å². The molecule has 0 unspecified atom stereocenters. The summed E-state index contributed by atoms with van der Waals surface area (Å²) in [6.07, 6.45) is 0.594. The normalized spacial score (nSPS) is 20.5. The molecule has 112 valence electrons. The lowest BCUT2D eigenvalue weighted by Crippen LogP contribution is -2.29. The summed E-state index contributed by atoms with van der Waals surface area (Å²) in [5.41, 5.74) is 8.06. The first-order chi connectivity index (χ1) is 9.30. The van der Waals surface area contributed by atoms with E-state index in [0.29, 0.717) is 25.1 Å². The van der Waals surface area contributed by atoms with Crippen LogP contribution in [0.2, 0.25) is 0 Å². The number of halogens is 1. The summed E-state index contributed by atoms with van der Waals surface area (Å²) in [6.45, 7) is 4.61. The number of hydrogen-bond donors (Lipinski definition) is 1. The highest BCUT2D eigenvalue weighted by atomic mass is 32.2. The molecule has 1 aromatic rings. The molecule has 0 bridgehead atoms. The van der Waals surface area contributed by atoms with Gasteiger partial charge in [0.25, 0.3) is 0 Å². The lowest BCUT2D eigenvalue weighted by atomic mass is 10.0. The second-order valence-corrected chi connectivity index (χ2v) is 7.74. The fourth-order valence-corrected chi connectivity index (χ4v) is 3.77. The first-order valence-corrected chi connectivity index (χ1v) is 8.63. The quantitative estimate of drug-likeness (QED) is 0.904. The van der Waals surface area contributed by atoms with Crippen molar-refractivity contribution in [1.82, 2.24) is 0 Å². The number of nitrogens with two attached hydrogens (primary N) is 1. The highest BCUT2D eigenvalue weighted by Gasteiger charge is 2.22. The van der Waals surface area contributed by atoms with Crippen molar-refractivity contribution in [2.45, 2.75) is 26.3 Å². The van der Waals surface area contributed by atoms with Crippen LogP contribution in [0.5, 0.6) is 0 Å². The van der Waals surface area contributed by atoms with Gasteiger partial charge in [-0.3, -0.25) is 0 Å². The van der Waals surface area contributed by atoms with Gasteiger partial charge in [0.2, 0.25) is 0 Å². The second kappa shape index (κ2) is 5.69. The third-order valence-electron chi connectivity index (χ3n) is 3.69. The van der Waals surface area contributed by atoms with E-state index in [-0.39, 0.29) is 23.4 Å². The molecule has 0 aromatic heterocycles. The number of benzene rings is 1. The topological polar surface area (TPSA) is 63.4 Å². The number of aryl methyl sites for hydroxylation is 1. The van der Waals surface area contributed by atoms with Crippen molar-refractivity contribution in [3.05, 3.63) is 29.1 Å². The van der Waals surface area contributed by atoms with Gasteiger partial charge in [-0.15, -0.1) is 0 Å². The van der Waals surface area contributed by atoms with E-state index in [4.69, 9.17) is 5.73 Å². The maximum Gasteiger partial charge on any atom is 0.152 e. The van der Waals surface area contributed by atoms with Crippen molar-refractivity contribution < 1.29 is 12.8 Å². The van der Waals surface area contributed by atoms with Gasteiger partial charge in [-0.05, 0) is 43.5 Å². The van der Waals surface area contributed by atoms with Crippen LogP contribution in [0.3, 0.4) is 0 Å². The molecule has 0 aliphatic carbocycles. The number of sulfone groups is 1. The Morgan fingerprint density at radius 1 is 1.30 bits per heavy atom. The lowest BCUT2D eigenvalue weighted by Gasteiger charge is -2.27. The van der Waals surface area contributed by atoms with Gasteiger partial charge in [-0.25, -0.2) is 12.8 Å². The minimum absolute atomic E-state index is 0.141. The summed E-state index contributed by atoms with van der Waals surface area (Å²) in [7, 11) is -2.96.